The van der Waals surface area contributed by atoms with Crippen LogP contribution in [-0.2, 0) is 16.0 Å². The van der Waals surface area contributed by atoms with Crippen LogP contribution in [0.4, 0.5) is 10.5 Å². The molecule has 0 spiro atoms. The summed E-state index contributed by atoms with van der Waals surface area (Å²) < 4.78 is 4.98. The smallest absolute Gasteiger partial charge is 0.322 e. The lowest BCUT2D eigenvalue weighted by Crippen LogP contribution is -2.38. The topological polar surface area (TPSA) is 58.6 Å². The van der Waals surface area contributed by atoms with E-state index < -0.39 is 0 Å². The van der Waals surface area contributed by atoms with Gasteiger partial charge in [-0.05, 0) is 49.9 Å². The second kappa shape index (κ2) is 10.1. The monoisotopic (exact) mass is 394 g/mol. The van der Waals surface area contributed by atoms with Gasteiger partial charge >= 0.3 is 12.0 Å². The van der Waals surface area contributed by atoms with Crippen molar-refractivity contribution in [3.8, 4) is 0 Å². The van der Waals surface area contributed by atoms with Crippen molar-refractivity contribution in [2.24, 2.45) is 0 Å². The van der Waals surface area contributed by atoms with Gasteiger partial charge in [-0.3, -0.25) is 4.79 Å². The van der Waals surface area contributed by atoms with Crippen LogP contribution in [0.1, 0.15) is 55.3 Å². The Balaban J connectivity index is 1.68. The van der Waals surface area contributed by atoms with Crippen molar-refractivity contribution >= 4 is 17.7 Å². The van der Waals surface area contributed by atoms with Gasteiger partial charge in [0, 0.05) is 12.2 Å². The zero-order valence-electron chi connectivity index (χ0n) is 17.3. The van der Waals surface area contributed by atoms with Gasteiger partial charge in [0.25, 0.3) is 0 Å². The summed E-state index contributed by atoms with van der Waals surface area (Å²) >= 11 is 0. The Kier molecular flexibility index (Phi) is 7.28. The van der Waals surface area contributed by atoms with Gasteiger partial charge in [-0.1, -0.05) is 54.8 Å². The number of nitrogens with zero attached hydrogens (tertiary/aromatic N) is 1. The maximum atomic E-state index is 13.1. The van der Waals surface area contributed by atoms with Crippen LogP contribution in [-0.4, -0.2) is 30.1 Å². The van der Waals surface area contributed by atoms with Gasteiger partial charge in [-0.2, -0.15) is 0 Å². The fourth-order valence-corrected chi connectivity index (χ4v) is 3.77. The lowest BCUT2D eigenvalue weighted by molar-refractivity contribution is -0.142. The second-order valence-corrected chi connectivity index (χ2v) is 7.58. The van der Waals surface area contributed by atoms with E-state index in [1.54, 1.807) is 6.92 Å². The third-order valence-corrected chi connectivity index (χ3v) is 5.33. The molecule has 2 aromatic carbocycles. The van der Waals surface area contributed by atoms with E-state index in [9.17, 15) is 9.59 Å². The number of anilines is 1. The number of ether oxygens (including phenoxy) is 1. The average molecular weight is 395 g/mol. The first-order valence-corrected chi connectivity index (χ1v) is 10.5. The van der Waals surface area contributed by atoms with Gasteiger partial charge in [0.15, 0.2) is 0 Å². The highest BCUT2D eigenvalue weighted by atomic mass is 16.5. The number of urea groups is 1. The van der Waals surface area contributed by atoms with Gasteiger partial charge in [-0.25, -0.2) is 4.79 Å². The highest BCUT2D eigenvalue weighted by Gasteiger charge is 2.26. The van der Waals surface area contributed by atoms with Crippen molar-refractivity contribution in [1.82, 2.24) is 4.90 Å². The summed E-state index contributed by atoms with van der Waals surface area (Å²) in [4.78, 5) is 26.6. The molecule has 1 saturated heterocycles. The Labute approximate surface area is 173 Å². The molecule has 1 heterocycles. The Bertz CT molecular complexity index is 815. The molecule has 5 heteroatoms. The van der Waals surface area contributed by atoms with Gasteiger partial charge in [0.2, 0.25) is 0 Å². The fourth-order valence-electron chi connectivity index (χ4n) is 3.77. The molecule has 1 aliphatic heterocycles. The standard InChI is InChI=1S/C24H30N2O3/c1-3-29-23(27)17-19-10-14-21(15-11-19)25-24(28)26-16-6-4-5-7-22(26)20-12-8-18(2)9-13-20/h8-15,22H,3-7,16-17H2,1-2H3,(H,25,28)/t22-/m1/s1. The molecule has 1 fully saturated rings. The average Bonchev–Trinajstić information content (AvgIpc) is 2.96. The molecule has 0 saturated carbocycles. The molecule has 2 amide bonds. The van der Waals surface area contributed by atoms with Crippen molar-refractivity contribution in [1.29, 1.82) is 0 Å². The molecule has 0 aromatic heterocycles. The van der Waals surface area contributed by atoms with Crippen molar-refractivity contribution in [2.75, 3.05) is 18.5 Å². The second-order valence-electron chi connectivity index (χ2n) is 7.58. The number of hydrogen-bond acceptors (Lipinski definition) is 3. The zero-order valence-corrected chi connectivity index (χ0v) is 17.3. The molecule has 1 aliphatic rings. The number of carbonyl (C=O) groups excluding carboxylic acids is 2. The zero-order chi connectivity index (χ0) is 20.6. The predicted molar refractivity (Wildman–Crippen MR) is 115 cm³/mol. The normalized spacial score (nSPS) is 16.8. The summed E-state index contributed by atoms with van der Waals surface area (Å²) in [6.07, 6.45) is 4.52. The van der Waals surface area contributed by atoms with Crippen LogP contribution < -0.4 is 5.32 Å². The summed E-state index contributed by atoms with van der Waals surface area (Å²) in [7, 11) is 0. The van der Waals surface area contributed by atoms with Crippen LogP contribution in [0.3, 0.4) is 0 Å². The van der Waals surface area contributed by atoms with Crippen molar-refractivity contribution in [3.05, 3.63) is 65.2 Å². The summed E-state index contributed by atoms with van der Waals surface area (Å²) in [5, 5.41) is 3.03. The number of esters is 1. The minimum Gasteiger partial charge on any atom is -0.466 e. The minimum absolute atomic E-state index is 0.0735. The molecule has 2 aromatic rings. The third kappa shape index (κ3) is 5.83. The van der Waals surface area contributed by atoms with Gasteiger partial charge < -0.3 is 15.0 Å². The minimum atomic E-state index is -0.241. The molecule has 0 bridgehead atoms. The first kappa shape index (κ1) is 20.9. The Morgan fingerprint density at radius 3 is 2.45 bits per heavy atom. The SMILES string of the molecule is CCOC(=O)Cc1ccc(NC(=O)N2CCCCC[C@@H]2c2ccc(C)cc2)cc1. The lowest BCUT2D eigenvalue weighted by atomic mass is 10.00. The lowest BCUT2D eigenvalue weighted by Gasteiger charge is -2.30. The molecule has 1 N–H and O–H groups in total. The molecule has 3 rings (SSSR count). The van der Waals surface area contributed by atoms with Crippen LogP contribution in [0.5, 0.6) is 0 Å². The third-order valence-electron chi connectivity index (χ3n) is 5.33. The fraction of sp³-hybridized carbons (Fsp3) is 0.417. The molecular formula is C24H30N2O3. The van der Waals surface area contributed by atoms with Crippen LogP contribution in [0.25, 0.3) is 0 Å². The van der Waals surface area contributed by atoms with Crippen LogP contribution in [0, 0.1) is 6.92 Å². The Morgan fingerprint density at radius 1 is 1.03 bits per heavy atom. The largest absolute Gasteiger partial charge is 0.466 e. The number of benzene rings is 2. The summed E-state index contributed by atoms with van der Waals surface area (Å²) in [6, 6.07) is 15.9. The first-order chi connectivity index (χ1) is 14.1. The quantitative estimate of drug-likeness (QED) is 0.705. The van der Waals surface area contributed by atoms with E-state index >= 15 is 0 Å². The van der Waals surface area contributed by atoms with Crippen molar-refractivity contribution < 1.29 is 14.3 Å². The Morgan fingerprint density at radius 2 is 1.76 bits per heavy atom. The number of aryl methyl sites for hydroxylation is 1. The summed E-state index contributed by atoms with van der Waals surface area (Å²) in [6.45, 7) is 5.01. The van der Waals surface area contributed by atoms with Crippen molar-refractivity contribution in [3.63, 3.8) is 0 Å². The maximum absolute atomic E-state index is 13.1. The maximum Gasteiger partial charge on any atom is 0.322 e. The van der Waals surface area contributed by atoms with E-state index in [4.69, 9.17) is 4.74 Å². The summed E-state index contributed by atoms with van der Waals surface area (Å²) in [5.41, 5.74) is 4.02. The molecule has 29 heavy (non-hydrogen) atoms. The van der Waals surface area contributed by atoms with Gasteiger partial charge in [-0.15, -0.1) is 0 Å². The molecule has 1 atom stereocenters. The highest BCUT2D eigenvalue weighted by molar-refractivity contribution is 5.89. The number of rotatable bonds is 5. The molecule has 154 valence electrons. The van der Waals surface area contributed by atoms with Crippen molar-refractivity contribution in [2.45, 2.75) is 52.0 Å². The predicted octanol–water partition coefficient (Wildman–Crippen LogP) is 5.25. The van der Waals surface area contributed by atoms with Crippen LogP contribution >= 0.6 is 0 Å². The number of hydrogen-bond donors (Lipinski definition) is 1. The molecule has 0 aliphatic carbocycles. The van der Waals surface area contributed by atoms with Crippen LogP contribution in [0.2, 0.25) is 0 Å². The van der Waals surface area contributed by atoms with E-state index in [0.29, 0.717) is 6.61 Å². The molecular weight excluding hydrogens is 364 g/mol. The number of likely N-dealkylation sites (tertiary alicyclic amines) is 1. The Hall–Kier alpha value is -2.82. The van der Waals surface area contributed by atoms with Crippen LogP contribution in [0.15, 0.2) is 48.5 Å². The number of amides is 2. The van der Waals surface area contributed by atoms with Gasteiger partial charge in [0.05, 0.1) is 19.1 Å². The highest BCUT2D eigenvalue weighted by Crippen LogP contribution is 2.31. The molecule has 0 unspecified atom stereocenters. The number of carbonyl (C=O) groups is 2. The van der Waals surface area contributed by atoms with E-state index in [0.717, 1.165) is 43.5 Å². The number of nitrogens with one attached hydrogen (secondary N) is 1. The first-order valence-electron chi connectivity index (χ1n) is 10.5. The van der Waals surface area contributed by atoms with E-state index in [-0.39, 0.29) is 24.5 Å². The molecule has 5 nitrogen and oxygen atoms in total. The van der Waals surface area contributed by atoms with Gasteiger partial charge in [0.1, 0.15) is 0 Å². The molecule has 0 radical (unpaired) electrons. The summed E-state index contributed by atoms with van der Waals surface area (Å²) in [5.74, 6) is -0.241. The van der Waals surface area contributed by atoms with E-state index in [2.05, 4.69) is 36.5 Å². The van der Waals surface area contributed by atoms with E-state index in [1.165, 1.54) is 11.1 Å². The van der Waals surface area contributed by atoms with E-state index in [1.807, 2.05) is 29.2 Å².